The van der Waals surface area contributed by atoms with Gasteiger partial charge >= 0.3 is 0 Å². The Bertz CT molecular complexity index is 537. The highest BCUT2D eigenvalue weighted by Gasteiger charge is 2.11. The maximum Gasteiger partial charge on any atom is 0.180 e. The van der Waals surface area contributed by atoms with E-state index in [1.54, 1.807) is 11.3 Å². The van der Waals surface area contributed by atoms with Crippen molar-refractivity contribution in [1.29, 1.82) is 0 Å². The summed E-state index contributed by atoms with van der Waals surface area (Å²) in [5, 5.41) is 0.651. The van der Waals surface area contributed by atoms with Crippen LogP contribution in [-0.4, -0.2) is 41.0 Å². The van der Waals surface area contributed by atoms with Crippen molar-refractivity contribution in [3.8, 4) is 0 Å². The molecule has 0 radical (unpaired) electrons. The molecule has 4 nitrogen and oxygen atoms in total. The third-order valence-electron chi connectivity index (χ3n) is 3.83. The lowest BCUT2D eigenvalue weighted by molar-refractivity contribution is 0.203. The van der Waals surface area contributed by atoms with Gasteiger partial charge in [0.1, 0.15) is 0 Å². The first-order valence-corrected chi connectivity index (χ1v) is 8.71. The number of hydrogen-bond donors (Lipinski definition) is 1. The fraction of sp³-hybridized carbons (Fsp3) is 0.471. The van der Waals surface area contributed by atoms with Crippen LogP contribution in [0.5, 0.6) is 0 Å². The van der Waals surface area contributed by atoms with E-state index in [2.05, 4.69) is 59.0 Å². The van der Waals surface area contributed by atoms with Crippen molar-refractivity contribution in [3.63, 3.8) is 0 Å². The second kappa shape index (κ2) is 8.88. The summed E-state index contributed by atoms with van der Waals surface area (Å²) in [5.41, 5.74) is 7.10. The predicted octanol–water partition coefficient (Wildman–Crippen LogP) is 3.07. The summed E-state index contributed by atoms with van der Waals surface area (Å²) < 4.78 is 0. The number of thiazole rings is 1. The Balaban J connectivity index is 1.99. The van der Waals surface area contributed by atoms with Crippen LogP contribution in [-0.2, 0) is 13.1 Å². The minimum Gasteiger partial charge on any atom is -0.375 e. The second-order valence-electron chi connectivity index (χ2n) is 5.39. The third kappa shape index (κ3) is 5.40. The van der Waals surface area contributed by atoms with Gasteiger partial charge in [-0.25, -0.2) is 4.98 Å². The largest absolute Gasteiger partial charge is 0.375 e. The molecule has 0 aliphatic heterocycles. The molecule has 1 aromatic carbocycles. The summed E-state index contributed by atoms with van der Waals surface area (Å²) in [7, 11) is 0. The highest BCUT2D eigenvalue weighted by atomic mass is 32.1. The molecule has 0 amide bonds. The summed E-state index contributed by atoms with van der Waals surface area (Å²) in [6.45, 7) is 10.6. The van der Waals surface area contributed by atoms with Crippen LogP contribution >= 0.6 is 11.3 Å². The average Bonchev–Trinajstić information content (AvgIpc) is 2.94. The van der Waals surface area contributed by atoms with Gasteiger partial charge in [0.05, 0.1) is 0 Å². The van der Waals surface area contributed by atoms with E-state index in [1.807, 2.05) is 6.20 Å². The summed E-state index contributed by atoms with van der Waals surface area (Å²) in [6, 6.07) is 10.6. The zero-order valence-corrected chi connectivity index (χ0v) is 14.4. The normalized spacial score (nSPS) is 11.5. The maximum atomic E-state index is 5.75. The Labute approximate surface area is 137 Å². The molecule has 0 fully saturated rings. The van der Waals surface area contributed by atoms with Gasteiger partial charge in [-0.05, 0) is 18.7 Å². The Morgan fingerprint density at radius 2 is 1.68 bits per heavy atom. The van der Waals surface area contributed by atoms with Crippen LogP contribution in [0.1, 0.15) is 24.3 Å². The number of nitrogens with two attached hydrogens (primary N) is 1. The molecule has 2 rings (SSSR count). The predicted molar refractivity (Wildman–Crippen MR) is 94.9 cm³/mol. The van der Waals surface area contributed by atoms with Gasteiger partial charge in [-0.1, -0.05) is 44.2 Å². The first-order chi connectivity index (χ1) is 10.7. The van der Waals surface area contributed by atoms with Gasteiger partial charge in [-0.15, -0.1) is 11.3 Å². The van der Waals surface area contributed by atoms with E-state index in [1.165, 1.54) is 10.4 Å². The molecule has 0 bridgehead atoms. The van der Waals surface area contributed by atoms with Crippen molar-refractivity contribution >= 4 is 16.5 Å². The molecule has 2 N–H and O–H groups in total. The first kappa shape index (κ1) is 16.9. The van der Waals surface area contributed by atoms with Crippen LogP contribution in [0.15, 0.2) is 36.5 Å². The van der Waals surface area contributed by atoms with E-state index in [0.717, 1.165) is 39.3 Å². The SMILES string of the molecule is CCN(CC)CCN(Cc1ccccc1)Cc1cnc(N)s1. The molecule has 22 heavy (non-hydrogen) atoms. The van der Waals surface area contributed by atoms with E-state index in [4.69, 9.17) is 5.73 Å². The Kier molecular flexibility index (Phi) is 6.83. The van der Waals surface area contributed by atoms with Crippen LogP contribution < -0.4 is 5.73 Å². The van der Waals surface area contributed by atoms with Crippen molar-refractivity contribution in [1.82, 2.24) is 14.8 Å². The van der Waals surface area contributed by atoms with E-state index in [-0.39, 0.29) is 0 Å². The van der Waals surface area contributed by atoms with Crippen LogP contribution in [0.4, 0.5) is 5.13 Å². The van der Waals surface area contributed by atoms with Gasteiger partial charge in [-0.2, -0.15) is 0 Å². The van der Waals surface area contributed by atoms with Gasteiger partial charge in [0.25, 0.3) is 0 Å². The fourth-order valence-corrected chi connectivity index (χ4v) is 3.22. The first-order valence-electron chi connectivity index (χ1n) is 7.90. The van der Waals surface area contributed by atoms with Gasteiger partial charge < -0.3 is 10.6 Å². The Morgan fingerprint density at radius 3 is 2.27 bits per heavy atom. The lowest BCUT2D eigenvalue weighted by atomic mass is 10.2. The van der Waals surface area contributed by atoms with Gasteiger partial charge in [0, 0.05) is 37.3 Å². The van der Waals surface area contributed by atoms with Crippen molar-refractivity contribution in [2.75, 3.05) is 31.9 Å². The van der Waals surface area contributed by atoms with Crippen LogP contribution in [0.3, 0.4) is 0 Å². The molecule has 120 valence electrons. The Morgan fingerprint density at radius 1 is 1.00 bits per heavy atom. The highest BCUT2D eigenvalue weighted by Crippen LogP contribution is 2.18. The molecule has 0 aliphatic rings. The lowest BCUT2D eigenvalue weighted by Gasteiger charge is -2.26. The summed E-state index contributed by atoms with van der Waals surface area (Å²) in [5.74, 6) is 0. The van der Waals surface area contributed by atoms with Crippen LogP contribution in [0.2, 0.25) is 0 Å². The number of rotatable bonds is 9. The number of anilines is 1. The third-order valence-corrected chi connectivity index (χ3v) is 4.64. The minimum absolute atomic E-state index is 0.651. The van der Waals surface area contributed by atoms with E-state index < -0.39 is 0 Å². The number of likely N-dealkylation sites (N-methyl/N-ethyl adjacent to an activating group) is 1. The summed E-state index contributed by atoms with van der Waals surface area (Å²) >= 11 is 1.58. The fourth-order valence-electron chi connectivity index (χ4n) is 2.49. The van der Waals surface area contributed by atoms with Crippen molar-refractivity contribution in [3.05, 3.63) is 47.0 Å². The van der Waals surface area contributed by atoms with E-state index in [9.17, 15) is 0 Å². The summed E-state index contributed by atoms with van der Waals surface area (Å²) in [6.07, 6.45) is 1.90. The van der Waals surface area contributed by atoms with Gasteiger partial charge in [-0.3, -0.25) is 4.90 Å². The smallest absolute Gasteiger partial charge is 0.180 e. The molecule has 0 saturated heterocycles. The molecule has 2 aromatic rings. The molecule has 0 atom stereocenters. The number of hydrogen-bond acceptors (Lipinski definition) is 5. The zero-order valence-electron chi connectivity index (χ0n) is 13.5. The summed E-state index contributed by atoms with van der Waals surface area (Å²) in [4.78, 5) is 10.3. The van der Waals surface area contributed by atoms with E-state index >= 15 is 0 Å². The standard InChI is InChI=1S/C17H26N4S/c1-3-20(4-2)10-11-21(13-15-8-6-5-7-9-15)14-16-12-19-17(18)22-16/h5-9,12H,3-4,10-11,13-14H2,1-2H3,(H2,18,19). The highest BCUT2D eigenvalue weighted by molar-refractivity contribution is 7.15. The number of benzene rings is 1. The average molecular weight is 318 g/mol. The van der Waals surface area contributed by atoms with Crippen molar-refractivity contribution in [2.24, 2.45) is 0 Å². The molecule has 1 heterocycles. The molecule has 1 aromatic heterocycles. The van der Waals surface area contributed by atoms with Crippen LogP contribution in [0, 0.1) is 0 Å². The molecule has 0 saturated carbocycles. The Hall–Kier alpha value is -1.43. The second-order valence-corrected chi connectivity index (χ2v) is 6.53. The monoisotopic (exact) mass is 318 g/mol. The molecular weight excluding hydrogens is 292 g/mol. The van der Waals surface area contributed by atoms with Crippen molar-refractivity contribution < 1.29 is 0 Å². The maximum absolute atomic E-state index is 5.75. The minimum atomic E-state index is 0.651. The molecular formula is C17H26N4S. The number of aromatic nitrogens is 1. The topological polar surface area (TPSA) is 45.4 Å². The number of nitrogen functional groups attached to an aromatic ring is 1. The van der Waals surface area contributed by atoms with Gasteiger partial charge in [0.15, 0.2) is 5.13 Å². The lowest BCUT2D eigenvalue weighted by Crippen LogP contribution is -2.34. The molecule has 0 unspecified atom stereocenters. The van der Waals surface area contributed by atoms with E-state index in [0.29, 0.717) is 5.13 Å². The van der Waals surface area contributed by atoms with Gasteiger partial charge in [0.2, 0.25) is 0 Å². The molecule has 0 spiro atoms. The quantitative estimate of drug-likeness (QED) is 0.772. The zero-order chi connectivity index (χ0) is 15.8. The number of nitrogens with zero attached hydrogens (tertiary/aromatic N) is 3. The molecule has 0 aliphatic carbocycles. The van der Waals surface area contributed by atoms with Crippen LogP contribution in [0.25, 0.3) is 0 Å². The molecule has 5 heteroatoms. The van der Waals surface area contributed by atoms with Crippen molar-refractivity contribution in [2.45, 2.75) is 26.9 Å².